The van der Waals surface area contributed by atoms with E-state index in [1.807, 2.05) is 19.1 Å². The molecule has 3 unspecified atom stereocenters. The fourth-order valence-corrected chi connectivity index (χ4v) is 8.10. The number of ketones is 1. The number of Topliss-reactive ketones (excluding diaryl/α,β-unsaturated/α-hetero) is 1. The number of nitrogens with one attached hydrogen (secondary N) is 1. The molecule has 13 nitrogen and oxygen atoms in total. The molecule has 14 heteroatoms. The van der Waals surface area contributed by atoms with Crippen molar-refractivity contribution in [1.29, 1.82) is 0 Å². The fourth-order valence-electron chi connectivity index (χ4n) is 7.86. The molecule has 0 aliphatic heterocycles. The SMILES string of the molecule is CCCC(=O)C(C)C1CCCCC1.CCc1cc(OCCOCCOCCOCCOCCOc2ccc(Br)cn2)ccc1CC(C)C(=O)NC1CCCc2ccccc21.CN.NC=O. The van der Waals surface area contributed by atoms with Gasteiger partial charge in [0.05, 0.1) is 58.9 Å². The minimum atomic E-state index is -0.116. The van der Waals surface area contributed by atoms with Gasteiger partial charge in [-0.3, -0.25) is 14.4 Å². The highest BCUT2D eigenvalue weighted by Crippen LogP contribution is 2.32. The lowest BCUT2D eigenvalue weighted by molar-refractivity contribution is -0.125. The molecule has 1 heterocycles. The Kier molecular flexibility index (Phi) is 31.9. The molecule has 5 rings (SSSR count). The molecule has 0 saturated heterocycles. The number of nitrogens with two attached hydrogens (primary N) is 2. The maximum absolute atomic E-state index is 13.1. The predicted molar refractivity (Wildman–Crippen MR) is 261 cm³/mol. The number of hydrogen-bond acceptors (Lipinski definition) is 11. The van der Waals surface area contributed by atoms with Gasteiger partial charge in [0.25, 0.3) is 0 Å². The maximum atomic E-state index is 13.1. The van der Waals surface area contributed by atoms with E-state index in [1.165, 1.54) is 61.4 Å². The van der Waals surface area contributed by atoms with E-state index in [0.29, 0.717) is 96.0 Å². The summed E-state index contributed by atoms with van der Waals surface area (Å²) in [6.45, 7) is 13.2. The fraction of sp³-hybridized carbons (Fsp3) is 0.608. The minimum absolute atomic E-state index is 0.106. The van der Waals surface area contributed by atoms with Gasteiger partial charge >= 0.3 is 0 Å². The summed E-state index contributed by atoms with van der Waals surface area (Å²) >= 11 is 3.34. The van der Waals surface area contributed by atoms with Gasteiger partial charge in [-0.05, 0) is 121 Å². The van der Waals surface area contributed by atoms with E-state index >= 15 is 0 Å². The van der Waals surface area contributed by atoms with Crippen molar-refractivity contribution < 1.29 is 42.8 Å². The lowest BCUT2D eigenvalue weighted by Crippen LogP contribution is -2.35. The molecule has 1 aromatic heterocycles. The molecule has 1 fully saturated rings. The van der Waals surface area contributed by atoms with Crippen LogP contribution in [0.4, 0.5) is 0 Å². The van der Waals surface area contributed by atoms with E-state index in [4.69, 9.17) is 33.2 Å². The van der Waals surface area contributed by atoms with E-state index in [2.05, 4.69) is 94.9 Å². The number of primary amides is 1. The molecule has 1 saturated carbocycles. The van der Waals surface area contributed by atoms with Gasteiger partial charge in [-0.25, -0.2) is 4.98 Å². The summed E-state index contributed by atoms with van der Waals surface area (Å²) in [5.74, 6) is 2.92. The van der Waals surface area contributed by atoms with Gasteiger partial charge in [-0.15, -0.1) is 0 Å². The van der Waals surface area contributed by atoms with Gasteiger partial charge in [0.2, 0.25) is 18.2 Å². The van der Waals surface area contributed by atoms with Crippen molar-refractivity contribution in [2.75, 3.05) is 73.1 Å². The van der Waals surface area contributed by atoms with E-state index < -0.39 is 0 Å². The van der Waals surface area contributed by atoms with Crippen LogP contribution in [-0.2, 0) is 52.6 Å². The lowest BCUT2D eigenvalue weighted by atomic mass is 9.78. The van der Waals surface area contributed by atoms with Crippen LogP contribution in [0.2, 0.25) is 0 Å². The zero-order valence-electron chi connectivity index (χ0n) is 39.9. The Bertz CT molecular complexity index is 1710. The smallest absolute Gasteiger partial charge is 0.223 e. The van der Waals surface area contributed by atoms with Crippen molar-refractivity contribution in [3.8, 4) is 11.6 Å². The zero-order chi connectivity index (χ0) is 47.5. The first-order valence-electron chi connectivity index (χ1n) is 23.6. The van der Waals surface area contributed by atoms with Crippen LogP contribution < -0.4 is 26.3 Å². The van der Waals surface area contributed by atoms with Gasteiger partial charge in [0, 0.05) is 35.0 Å². The predicted octanol–water partition coefficient (Wildman–Crippen LogP) is 8.55. The van der Waals surface area contributed by atoms with Gasteiger partial charge < -0.3 is 45.2 Å². The molecule has 3 aromatic rings. The number of fused-ring (bicyclic) bond motifs is 1. The average molecular weight is 972 g/mol. The zero-order valence-corrected chi connectivity index (χ0v) is 41.5. The number of nitrogens with zero attached hydrogens (tertiary/aromatic N) is 1. The van der Waals surface area contributed by atoms with Gasteiger partial charge in [-0.1, -0.05) is 77.3 Å². The van der Waals surface area contributed by atoms with Crippen LogP contribution in [0.15, 0.2) is 65.3 Å². The Morgan fingerprint density at radius 1 is 0.785 bits per heavy atom. The number of halogens is 1. The third-order valence-electron chi connectivity index (χ3n) is 11.4. The molecule has 2 aromatic carbocycles. The van der Waals surface area contributed by atoms with Crippen LogP contribution in [0.3, 0.4) is 0 Å². The summed E-state index contributed by atoms with van der Waals surface area (Å²) in [6, 6.07) is 18.4. The standard InChI is InChI=1S/C37H49BrN2O7.C12H22O.CH3NO.CH5N/c1-3-29-26-33(13-11-31(29)25-28(2)37(41)40-35-10-6-8-30-7-4-5-9-34(30)35)46-23-21-44-19-17-42-15-16-43-18-20-45-22-24-47-36-14-12-32(38)27-39-36;1-3-7-12(13)10(2)11-8-5-4-6-9-11;2-1-3;1-2/h4-5,7,9,11-14,26-28,35H,3,6,8,10,15-25H2,1-2H3,(H,40,41);10-11H,3-9H2,1-2H3;1H,(H2,2,3);2H2,1H3. The van der Waals surface area contributed by atoms with Crippen molar-refractivity contribution in [2.45, 2.75) is 111 Å². The second kappa shape index (κ2) is 36.2. The van der Waals surface area contributed by atoms with Gasteiger partial charge in [0.15, 0.2) is 0 Å². The number of carbonyl (C=O) groups excluding carboxylic acids is 3. The van der Waals surface area contributed by atoms with Crippen LogP contribution in [0.25, 0.3) is 0 Å². The van der Waals surface area contributed by atoms with Gasteiger partial charge in [0.1, 0.15) is 24.7 Å². The van der Waals surface area contributed by atoms with E-state index in [9.17, 15) is 9.59 Å². The Balaban J connectivity index is 0.000000677. The van der Waals surface area contributed by atoms with Crippen molar-refractivity contribution in [2.24, 2.45) is 29.2 Å². The number of rotatable bonds is 26. The highest BCUT2D eigenvalue weighted by molar-refractivity contribution is 9.10. The molecule has 2 amide bonds. The van der Waals surface area contributed by atoms with Crippen molar-refractivity contribution in [3.63, 3.8) is 0 Å². The number of carbonyl (C=O) groups is 3. The quantitative estimate of drug-likeness (QED) is 0.0518. The maximum Gasteiger partial charge on any atom is 0.223 e. The molecular formula is C51H79BrN4O9. The van der Waals surface area contributed by atoms with Crippen molar-refractivity contribution >= 4 is 34.0 Å². The first-order valence-corrected chi connectivity index (χ1v) is 24.4. The average Bonchev–Trinajstić information content (AvgIpc) is 3.33. The molecule has 0 spiro atoms. The molecule has 2 aliphatic carbocycles. The van der Waals surface area contributed by atoms with Crippen molar-refractivity contribution in [3.05, 3.63) is 87.5 Å². The molecule has 0 radical (unpaired) electrons. The molecule has 65 heavy (non-hydrogen) atoms. The Labute approximate surface area is 397 Å². The Morgan fingerprint density at radius 3 is 1.97 bits per heavy atom. The highest BCUT2D eigenvalue weighted by atomic mass is 79.9. The van der Waals surface area contributed by atoms with Crippen LogP contribution in [0.5, 0.6) is 11.6 Å². The number of aromatic nitrogens is 1. The molecule has 2 aliphatic rings. The Morgan fingerprint density at radius 2 is 1.38 bits per heavy atom. The second-order valence-electron chi connectivity index (χ2n) is 16.0. The van der Waals surface area contributed by atoms with Crippen LogP contribution in [0, 0.1) is 17.8 Å². The first-order chi connectivity index (χ1) is 31.7. The molecule has 364 valence electrons. The molecule has 0 bridgehead atoms. The number of benzene rings is 2. The van der Waals surface area contributed by atoms with Crippen LogP contribution in [-0.4, -0.2) is 96.2 Å². The van der Waals surface area contributed by atoms with Crippen LogP contribution in [0.1, 0.15) is 114 Å². The largest absolute Gasteiger partial charge is 0.491 e. The third-order valence-corrected chi connectivity index (χ3v) is 11.8. The van der Waals surface area contributed by atoms with Crippen LogP contribution >= 0.6 is 15.9 Å². The minimum Gasteiger partial charge on any atom is -0.491 e. The molecule has 3 atom stereocenters. The number of aryl methyl sites for hydroxylation is 2. The Hall–Kier alpha value is -3.92. The summed E-state index contributed by atoms with van der Waals surface area (Å²) in [5, 5.41) is 3.32. The first kappa shape index (κ1) is 57.2. The van der Waals surface area contributed by atoms with Crippen molar-refractivity contribution in [1.82, 2.24) is 10.3 Å². The number of hydrogen-bond donors (Lipinski definition) is 3. The summed E-state index contributed by atoms with van der Waals surface area (Å²) in [5.41, 5.74) is 13.7. The highest BCUT2D eigenvalue weighted by Gasteiger charge is 2.25. The summed E-state index contributed by atoms with van der Waals surface area (Å²) in [7, 11) is 1.50. The monoisotopic (exact) mass is 971 g/mol. The summed E-state index contributed by atoms with van der Waals surface area (Å²) in [6.07, 6.45) is 15.2. The number of amides is 2. The lowest BCUT2D eigenvalue weighted by Gasteiger charge is -2.27. The van der Waals surface area contributed by atoms with Gasteiger partial charge in [-0.2, -0.15) is 0 Å². The molecular weight excluding hydrogens is 892 g/mol. The van der Waals surface area contributed by atoms with E-state index in [-0.39, 0.29) is 24.3 Å². The third kappa shape index (κ3) is 23.9. The second-order valence-corrected chi connectivity index (χ2v) is 17.0. The normalized spacial score (nSPS) is 15.2. The van der Waals surface area contributed by atoms with E-state index in [0.717, 1.165) is 48.7 Å². The number of pyridine rings is 1. The summed E-state index contributed by atoms with van der Waals surface area (Å²) < 4.78 is 34.6. The number of ether oxygens (including phenoxy) is 6. The summed E-state index contributed by atoms with van der Waals surface area (Å²) in [4.78, 5) is 37.5. The van der Waals surface area contributed by atoms with E-state index in [1.54, 1.807) is 12.3 Å². The topological polar surface area (TPSA) is 184 Å². The molecule has 5 N–H and O–H groups in total.